The minimum absolute atomic E-state index is 0.348. The standard InChI is InChI=1S/C12H9ClN2O3S.C8H10/c13-8-4-2-1-3-7(8)9-6-19-12(14-9)15-10(16)5-11(17)18;1-2-8-6-4-3-5-7-8/h1-4,6H,5H2,(H,17,18)(H,14,15,16);3-7H,2H2,1H3. The van der Waals surface area contributed by atoms with Crippen LogP contribution in [0.2, 0.25) is 5.02 Å². The number of aliphatic carboxylic acids is 1. The summed E-state index contributed by atoms with van der Waals surface area (Å²) in [6.45, 7) is 2.16. The summed E-state index contributed by atoms with van der Waals surface area (Å²) >= 11 is 7.26. The van der Waals surface area contributed by atoms with Crippen molar-refractivity contribution >= 4 is 39.9 Å². The third-order valence-electron chi connectivity index (χ3n) is 3.46. The molecule has 0 atom stereocenters. The largest absolute Gasteiger partial charge is 0.481 e. The van der Waals surface area contributed by atoms with E-state index >= 15 is 0 Å². The number of aryl methyl sites for hydroxylation is 1. The zero-order valence-electron chi connectivity index (χ0n) is 14.7. The van der Waals surface area contributed by atoms with Crippen LogP contribution in [0.5, 0.6) is 0 Å². The molecule has 2 aromatic carbocycles. The van der Waals surface area contributed by atoms with Crippen molar-refractivity contribution in [2.45, 2.75) is 19.8 Å². The first-order valence-corrected chi connectivity index (χ1v) is 9.51. The van der Waals surface area contributed by atoms with Crippen molar-refractivity contribution < 1.29 is 14.7 Å². The molecule has 0 unspecified atom stereocenters. The molecule has 3 rings (SSSR count). The van der Waals surface area contributed by atoms with Gasteiger partial charge in [-0.1, -0.05) is 67.1 Å². The Hall–Kier alpha value is -2.70. The van der Waals surface area contributed by atoms with Crippen molar-refractivity contribution in [2.24, 2.45) is 0 Å². The molecule has 2 N–H and O–H groups in total. The summed E-state index contributed by atoms with van der Waals surface area (Å²) in [5.74, 6) is -1.78. The zero-order chi connectivity index (χ0) is 19.6. The van der Waals surface area contributed by atoms with E-state index in [1.165, 1.54) is 16.9 Å². The van der Waals surface area contributed by atoms with Crippen LogP contribution in [0.25, 0.3) is 11.3 Å². The topological polar surface area (TPSA) is 79.3 Å². The number of carbonyl (C=O) groups is 2. The Labute approximate surface area is 166 Å². The second-order valence-corrected chi connectivity index (χ2v) is 6.74. The van der Waals surface area contributed by atoms with E-state index in [4.69, 9.17) is 16.7 Å². The molecule has 5 nitrogen and oxygen atoms in total. The second-order valence-electron chi connectivity index (χ2n) is 5.48. The maximum absolute atomic E-state index is 11.3. The molecule has 0 radical (unpaired) electrons. The Kier molecular flexibility index (Phi) is 7.98. The van der Waals surface area contributed by atoms with Gasteiger partial charge < -0.3 is 10.4 Å². The third kappa shape index (κ3) is 6.84. The Morgan fingerprint density at radius 1 is 1.11 bits per heavy atom. The molecular formula is C20H19ClN2O3S. The molecule has 3 aromatic rings. The Balaban J connectivity index is 0.000000273. The molecule has 0 fully saturated rings. The van der Waals surface area contributed by atoms with E-state index in [0.717, 1.165) is 12.0 Å². The molecule has 0 bridgehead atoms. The molecule has 1 heterocycles. The van der Waals surface area contributed by atoms with Gasteiger partial charge >= 0.3 is 5.97 Å². The molecule has 1 aromatic heterocycles. The molecule has 0 aliphatic heterocycles. The fourth-order valence-electron chi connectivity index (χ4n) is 2.14. The van der Waals surface area contributed by atoms with Crippen molar-refractivity contribution in [3.63, 3.8) is 0 Å². The van der Waals surface area contributed by atoms with Crippen LogP contribution < -0.4 is 5.32 Å². The van der Waals surface area contributed by atoms with E-state index in [0.29, 0.717) is 15.8 Å². The van der Waals surface area contributed by atoms with Crippen LogP contribution in [0, 0.1) is 0 Å². The lowest BCUT2D eigenvalue weighted by Gasteiger charge is -2.00. The molecular weight excluding hydrogens is 384 g/mol. The van der Waals surface area contributed by atoms with E-state index in [1.54, 1.807) is 11.4 Å². The summed E-state index contributed by atoms with van der Waals surface area (Å²) in [6.07, 6.45) is 0.557. The van der Waals surface area contributed by atoms with Gasteiger partial charge in [-0.3, -0.25) is 9.59 Å². The first-order chi connectivity index (χ1) is 13.0. The lowest BCUT2D eigenvalue weighted by molar-refractivity contribution is -0.139. The number of aromatic nitrogens is 1. The van der Waals surface area contributed by atoms with Gasteiger partial charge in [0.05, 0.1) is 5.69 Å². The Bertz CT molecular complexity index is 897. The van der Waals surface area contributed by atoms with Gasteiger partial charge in [-0.2, -0.15) is 0 Å². The number of rotatable bonds is 5. The number of benzene rings is 2. The maximum atomic E-state index is 11.3. The van der Waals surface area contributed by atoms with Crippen LogP contribution in [0.1, 0.15) is 18.9 Å². The first kappa shape index (κ1) is 20.6. The molecule has 0 aliphatic carbocycles. The van der Waals surface area contributed by atoms with Crippen LogP contribution in [0.3, 0.4) is 0 Å². The summed E-state index contributed by atoms with van der Waals surface area (Å²) < 4.78 is 0. The number of amides is 1. The highest BCUT2D eigenvalue weighted by molar-refractivity contribution is 7.14. The van der Waals surface area contributed by atoms with Crippen LogP contribution in [0.15, 0.2) is 60.0 Å². The number of nitrogens with zero attached hydrogens (tertiary/aromatic N) is 1. The van der Waals surface area contributed by atoms with Crippen LogP contribution >= 0.6 is 22.9 Å². The van der Waals surface area contributed by atoms with Gasteiger partial charge in [0.2, 0.25) is 5.91 Å². The maximum Gasteiger partial charge on any atom is 0.312 e. The van der Waals surface area contributed by atoms with E-state index in [1.807, 2.05) is 24.3 Å². The van der Waals surface area contributed by atoms with Gasteiger partial charge in [-0.05, 0) is 18.1 Å². The van der Waals surface area contributed by atoms with E-state index in [-0.39, 0.29) is 0 Å². The van der Waals surface area contributed by atoms with Crippen LogP contribution in [-0.2, 0) is 16.0 Å². The number of thiazole rings is 1. The summed E-state index contributed by atoms with van der Waals surface area (Å²) in [5.41, 5.74) is 2.81. The average Bonchev–Trinajstić information content (AvgIpc) is 3.10. The van der Waals surface area contributed by atoms with Gasteiger partial charge in [0, 0.05) is 16.0 Å². The predicted molar refractivity (Wildman–Crippen MR) is 109 cm³/mol. The molecule has 0 spiro atoms. The van der Waals surface area contributed by atoms with Gasteiger partial charge in [-0.25, -0.2) is 4.98 Å². The van der Waals surface area contributed by atoms with Crippen molar-refractivity contribution in [2.75, 3.05) is 5.32 Å². The summed E-state index contributed by atoms with van der Waals surface area (Å²) in [4.78, 5) is 25.9. The number of hydrogen-bond acceptors (Lipinski definition) is 4. The molecule has 0 saturated carbocycles. The highest BCUT2D eigenvalue weighted by Gasteiger charge is 2.12. The predicted octanol–water partition coefficient (Wildman–Crippen LogP) is 5.13. The Morgan fingerprint density at radius 3 is 2.37 bits per heavy atom. The fraction of sp³-hybridized carbons (Fsp3) is 0.150. The minimum atomic E-state index is -1.18. The van der Waals surface area contributed by atoms with Crippen molar-refractivity contribution in [3.05, 3.63) is 70.6 Å². The molecule has 0 saturated heterocycles. The summed E-state index contributed by atoms with van der Waals surface area (Å²) in [6, 6.07) is 17.7. The monoisotopic (exact) mass is 402 g/mol. The lowest BCUT2D eigenvalue weighted by atomic mass is 10.2. The lowest BCUT2D eigenvalue weighted by Crippen LogP contribution is -2.15. The van der Waals surface area contributed by atoms with Gasteiger partial charge in [-0.15, -0.1) is 11.3 Å². The number of carboxylic acids is 1. The quantitative estimate of drug-likeness (QED) is 0.580. The van der Waals surface area contributed by atoms with E-state index < -0.39 is 18.3 Å². The fourth-order valence-corrected chi connectivity index (χ4v) is 3.10. The van der Waals surface area contributed by atoms with Crippen LogP contribution in [0.4, 0.5) is 5.13 Å². The van der Waals surface area contributed by atoms with Gasteiger partial charge in [0.25, 0.3) is 0 Å². The van der Waals surface area contributed by atoms with Gasteiger partial charge in [0.15, 0.2) is 5.13 Å². The molecule has 140 valence electrons. The zero-order valence-corrected chi connectivity index (χ0v) is 16.3. The van der Waals surface area contributed by atoms with Crippen molar-refractivity contribution in [3.8, 4) is 11.3 Å². The molecule has 27 heavy (non-hydrogen) atoms. The normalized spacial score (nSPS) is 9.85. The van der Waals surface area contributed by atoms with Crippen LogP contribution in [-0.4, -0.2) is 22.0 Å². The second kappa shape index (κ2) is 10.4. The summed E-state index contributed by atoms with van der Waals surface area (Å²) in [7, 11) is 0. The Morgan fingerprint density at radius 2 is 1.78 bits per heavy atom. The number of nitrogens with one attached hydrogen (secondary N) is 1. The smallest absolute Gasteiger partial charge is 0.312 e. The molecule has 1 amide bonds. The molecule has 7 heteroatoms. The molecule has 0 aliphatic rings. The van der Waals surface area contributed by atoms with E-state index in [2.05, 4.69) is 41.5 Å². The van der Waals surface area contributed by atoms with E-state index in [9.17, 15) is 9.59 Å². The van der Waals surface area contributed by atoms with Gasteiger partial charge in [0.1, 0.15) is 6.42 Å². The number of carboxylic acid groups (broad SMARTS) is 1. The number of anilines is 1. The number of hydrogen-bond donors (Lipinski definition) is 2. The SMILES string of the molecule is CCc1ccccc1.O=C(O)CC(=O)Nc1nc(-c2ccccc2Cl)cs1. The van der Waals surface area contributed by atoms with Crippen molar-refractivity contribution in [1.82, 2.24) is 4.98 Å². The minimum Gasteiger partial charge on any atom is -0.481 e. The summed E-state index contributed by atoms with van der Waals surface area (Å²) in [5, 5.41) is 13.6. The highest BCUT2D eigenvalue weighted by Crippen LogP contribution is 2.30. The first-order valence-electron chi connectivity index (χ1n) is 8.25. The average molecular weight is 403 g/mol. The number of halogens is 1. The van der Waals surface area contributed by atoms with Crippen molar-refractivity contribution in [1.29, 1.82) is 0 Å². The number of carbonyl (C=O) groups excluding carboxylic acids is 1. The third-order valence-corrected chi connectivity index (χ3v) is 4.55. The highest BCUT2D eigenvalue weighted by atomic mass is 35.5.